The van der Waals surface area contributed by atoms with Crippen molar-refractivity contribution in [1.82, 2.24) is 20.4 Å². The van der Waals surface area contributed by atoms with E-state index < -0.39 is 0 Å². The normalized spacial score (nSPS) is 14.3. The number of H-pyrrole nitrogens is 1. The second kappa shape index (κ2) is 6.64. The molecular weight excluding hydrogens is 292 g/mol. The van der Waals surface area contributed by atoms with Crippen LogP contribution in [0.25, 0.3) is 0 Å². The van der Waals surface area contributed by atoms with Crippen LogP contribution in [0.5, 0.6) is 0 Å². The van der Waals surface area contributed by atoms with Crippen LogP contribution in [-0.2, 0) is 17.9 Å². The Hall–Kier alpha value is -2.63. The standard InChI is InChI=1S/C17H20N4O2/c1-12-9-15(20-19-12)17(23)18-10-13-5-2-3-6-14(13)11-21-8-4-7-16(21)22/h2-3,5-6,9H,4,7-8,10-11H2,1H3,(H,18,23)(H,19,20). The van der Waals surface area contributed by atoms with Gasteiger partial charge in [-0.25, -0.2) is 0 Å². The molecule has 2 aromatic rings. The molecule has 0 unspecified atom stereocenters. The third kappa shape index (κ3) is 3.59. The highest BCUT2D eigenvalue weighted by molar-refractivity contribution is 5.92. The summed E-state index contributed by atoms with van der Waals surface area (Å²) in [7, 11) is 0. The average molecular weight is 312 g/mol. The minimum absolute atomic E-state index is 0.204. The lowest BCUT2D eigenvalue weighted by Gasteiger charge is -2.18. The van der Waals surface area contributed by atoms with Gasteiger partial charge in [-0.1, -0.05) is 24.3 Å². The topological polar surface area (TPSA) is 78.1 Å². The van der Waals surface area contributed by atoms with Crippen LogP contribution in [0.2, 0.25) is 0 Å². The Morgan fingerprint density at radius 3 is 2.78 bits per heavy atom. The molecule has 0 radical (unpaired) electrons. The van der Waals surface area contributed by atoms with Gasteiger partial charge in [-0.05, 0) is 30.5 Å². The first-order valence-corrected chi connectivity index (χ1v) is 7.78. The number of aromatic amines is 1. The number of amides is 2. The zero-order valence-electron chi connectivity index (χ0n) is 13.1. The van der Waals surface area contributed by atoms with Gasteiger partial charge >= 0.3 is 0 Å². The number of nitrogens with zero attached hydrogens (tertiary/aromatic N) is 2. The Labute approximate surface area is 134 Å². The highest BCUT2D eigenvalue weighted by Crippen LogP contribution is 2.17. The van der Waals surface area contributed by atoms with Crippen LogP contribution < -0.4 is 5.32 Å². The van der Waals surface area contributed by atoms with Crippen molar-refractivity contribution in [2.45, 2.75) is 32.9 Å². The number of aromatic nitrogens is 2. The predicted octanol–water partition coefficient (Wildman–Crippen LogP) is 1.77. The monoisotopic (exact) mass is 312 g/mol. The molecule has 0 bridgehead atoms. The van der Waals surface area contributed by atoms with Crippen LogP contribution in [0.3, 0.4) is 0 Å². The van der Waals surface area contributed by atoms with Gasteiger partial charge in [0, 0.05) is 31.7 Å². The van der Waals surface area contributed by atoms with E-state index in [0.717, 1.165) is 29.8 Å². The third-order valence-electron chi connectivity index (χ3n) is 4.03. The Kier molecular flexibility index (Phi) is 4.41. The largest absolute Gasteiger partial charge is 0.347 e. The molecule has 0 saturated carbocycles. The Bertz CT molecular complexity index is 723. The van der Waals surface area contributed by atoms with Gasteiger partial charge in [0.05, 0.1) is 0 Å². The fourth-order valence-corrected chi connectivity index (χ4v) is 2.76. The number of carbonyl (C=O) groups excluding carboxylic acids is 2. The van der Waals surface area contributed by atoms with E-state index in [1.807, 2.05) is 36.1 Å². The number of nitrogens with one attached hydrogen (secondary N) is 2. The summed E-state index contributed by atoms with van der Waals surface area (Å²) < 4.78 is 0. The number of rotatable bonds is 5. The highest BCUT2D eigenvalue weighted by Gasteiger charge is 2.21. The number of likely N-dealkylation sites (tertiary alicyclic amines) is 1. The van der Waals surface area contributed by atoms with E-state index in [1.165, 1.54) is 0 Å². The second-order valence-electron chi connectivity index (χ2n) is 5.81. The summed E-state index contributed by atoms with van der Waals surface area (Å²) >= 11 is 0. The molecule has 1 fully saturated rings. The molecule has 1 saturated heterocycles. The van der Waals surface area contributed by atoms with Gasteiger partial charge in [0.2, 0.25) is 5.91 Å². The van der Waals surface area contributed by atoms with Crippen molar-refractivity contribution < 1.29 is 9.59 Å². The maximum absolute atomic E-state index is 12.1. The fourth-order valence-electron chi connectivity index (χ4n) is 2.76. The number of hydrogen-bond donors (Lipinski definition) is 2. The van der Waals surface area contributed by atoms with Crippen molar-refractivity contribution in [3.05, 3.63) is 52.8 Å². The molecule has 2 amide bonds. The number of hydrogen-bond acceptors (Lipinski definition) is 3. The summed E-state index contributed by atoms with van der Waals surface area (Å²) in [5.41, 5.74) is 3.33. The zero-order chi connectivity index (χ0) is 16.2. The minimum atomic E-state index is -0.207. The van der Waals surface area contributed by atoms with Crippen molar-refractivity contribution in [2.75, 3.05) is 6.54 Å². The van der Waals surface area contributed by atoms with Crippen molar-refractivity contribution in [3.63, 3.8) is 0 Å². The Morgan fingerprint density at radius 1 is 1.35 bits per heavy atom. The van der Waals surface area contributed by atoms with Crippen molar-refractivity contribution in [1.29, 1.82) is 0 Å². The van der Waals surface area contributed by atoms with Crippen LogP contribution in [0, 0.1) is 6.92 Å². The fraction of sp³-hybridized carbons (Fsp3) is 0.353. The number of benzene rings is 1. The van der Waals surface area contributed by atoms with Gasteiger partial charge in [-0.3, -0.25) is 14.7 Å². The quantitative estimate of drug-likeness (QED) is 0.883. The first-order valence-electron chi connectivity index (χ1n) is 7.78. The first kappa shape index (κ1) is 15.3. The molecule has 1 aromatic heterocycles. The summed E-state index contributed by atoms with van der Waals surface area (Å²) in [5.74, 6) is -0.00256. The van der Waals surface area contributed by atoms with E-state index in [0.29, 0.717) is 25.2 Å². The number of aryl methyl sites for hydroxylation is 1. The predicted molar refractivity (Wildman–Crippen MR) is 85.6 cm³/mol. The van der Waals surface area contributed by atoms with Gasteiger partial charge < -0.3 is 10.2 Å². The molecular formula is C17H20N4O2. The summed E-state index contributed by atoms with van der Waals surface area (Å²) in [6.07, 6.45) is 1.56. The number of carbonyl (C=O) groups is 2. The lowest BCUT2D eigenvalue weighted by molar-refractivity contribution is -0.128. The molecule has 2 heterocycles. The Balaban J connectivity index is 1.65. The summed E-state index contributed by atoms with van der Waals surface area (Å²) in [6.45, 7) is 3.69. The van der Waals surface area contributed by atoms with Gasteiger partial charge in [-0.2, -0.15) is 5.10 Å². The molecule has 1 aliphatic rings. The molecule has 6 nitrogen and oxygen atoms in total. The third-order valence-corrected chi connectivity index (χ3v) is 4.03. The van der Waals surface area contributed by atoms with Gasteiger partial charge in [0.1, 0.15) is 5.69 Å². The van der Waals surface area contributed by atoms with E-state index in [2.05, 4.69) is 15.5 Å². The summed E-state index contributed by atoms with van der Waals surface area (Å²) in [6, 6.07) is 9.59. The maximum Gasteiger partial charge on any atom is 0.272 e. The van der Waals surface area contributed by atoms with Crippen molar-refractivity contribution in [2.24, 2.45) is 0 Å². The van der Waals surface area contributed by atoms with Crippen molar-refractivity contribution in [3.8, 4) is 0 Å². The molecule has 1 aliphatic heterocycles. The zero-order valence-corrected chi connectivity index (χ0v) is 13.1. The molecule has 0 spiro atoms. The smallest absolute Gasteiger partial charge is 0.272 e. The SMILES string of the molecule is Cc1cc(C(=O)NCc2ccccc2CN2CCCC2=O)n[nH]1. The average Bonchev–Trinajstić information content (AvgIpc) is 3.15. The van der Waals surface area contributed by atoms with Crippen LogP contribution in [-0.4, -0.2) is 33.5 Å². The van der Waals surface area contributed by atoms with Crippen molar-refractivity contribution >= 4 is 11.8 Å². The van der Waals surface area contributed by atoms with Crippen LogP contribution in [0.1, 0.15) is 40.2 Å². The van der Waals surface area contributed by atoms with E-state index >= 15 is 0 Å². The van der Waals surface area contributed by atoms with E-state index in [-0.39, 0.29) is 11.8 Å². The molecule has 1 aromatic carbocycles. The highest BCUT2D eigenvalue weighted by atomic mass is 16.2. The van der Waals surface area contributed by atoms with E-state index in [4.69, 9.17) is 0 Å². The molecule has 0 atom stereocenters. The Morgan fingerprint density at radius 2 is 2.13 bits per heavy atom. The van der Waals surface area contributed by atoms with Gasteiger partial charge in [0.15, 0.2) is 0 Å². The summed E-state index contributed by atoms with van der Waals surface area (Å²) in [5, 5.41) is 9.59. The lowest BCUT2D eigenvalue weighted by Crippen LogP contribution is -2.27. The molecule has 3 rings (SSSR count). The lowest BCUT2D eigenvalue weighted by atomic mass is 10.1. The van der Waals surface area contributed by atoms with E-state index in [9.17, 15) is 9.59 Å². The maximum atomic E-state index is 12.1. The molecule has 120 valence electrons. The first-order chi connectivity index (χ1) is 11.1. The van der Waals surface area contributed by atoms with Crippen LogP contribution >= 0.6 is 0 Å². The second-order valence-corrected chi connectivity index (χ2v) is 5.81. The molecule has 6 heteroatoms. The van der Waals surface area contributed by atoms with Gasteiger partial charge in [-0.15, -0.1) is 0 Å². The van der Waals surface area contributed by atoms with Crippen LogP contribution in [0.4, 0.5) is 0 Å². The molecule has 0 aliphatic carbocycles. The van der Waals surface area contributed by atoms with E-state index in [1.54, 1.807) is 6.07 Å². The van der Waals surface area contributed by atoms with Crippen LogP contribution in [0.15, 0.2) is 30.3 Å². The molecule has 23 heavy (non-hydrogen) atoms. The minimum Gasteiger partial charge on any atom is -0.347 e. The summed E-state index contributed by atoms with van der Waals surface area (Å²) in [4.78, 5) is 25.7. The molecule has 2 N–H and O–H groups in total. The van der Waals surface area contributed by atoms with Gasteiger partial charge in [0.25, 0.3) is 5.91 Å².